The normalized spacial score (nSPS) is 16.1. The smallest absolute Gasteiger partial charge is 0.229 e. The van der Waals surface area contributed by atoms with Crippen LogP contribution in [0.15, 0.2) is 54.9 Å². The van der Waals surface area contributed by atoms with Crippen LogP contribution in [-0.2, 0) is 16.6 Å². The number of anilines is 1. The number of amides is 2. The van der Waals surface area contributed by atoms with E-state index < -0.39 is 12.0 Å². The Kier molecular flexibility index (Phi) is 5.62. The van der Waals surface area contributed by atoms with Crippen molar-refractivity contribution in [2.75, 3.05) is 19.5 Å². The van der Waals surface area contributed by atoms with E-state index in [1.54, 1.807) is 32.5 Å². The van der Waals surface area contributed by atoms with Crippen LogP contribution in [0.1, 0.15) is 35.3 Å². The fourth-order valence-corrected chi connectivity index (χ4v) is 3.84. The molecule has 1 aliphatic heterocycles. The second-order valence-electron chi connectivity index (χ2n) is 7.38. The van der Waals surface area contributed by atoms with Crippen molar-refractivity contribution in [2.45, 2.75) is 18.4 Å². The highest BCUT2D eigenvalue weighted by molar-refractivity contribution is 6.01. The highest BCUT2D eigenvalue weighted by atomic mass is 16.5. The van der Waals surface area contributed by atoms with Gasteiger partial charge in [-0.05, 0) is 29.3 Å². The Morgan fingerprint density at radius 2 is 1.90 bits per heavy atom. The van der Waals surface area contributed by atoms with Crippen molar-refractivity contribution in [1.29, 1.82) is 0 Å². The van der Waals surface area contributed by atoms with Crippen molar-refractivity contribution in [1.82, 2.24) is 14.9 Å². The average molecular weight is 420 g/mol. The summed E-state index contributed by atoms with van der Waals surface area (Å²) >= 11 is 0. The molecule has 8 heteroatoms. The fourth-order valence-electron chi connectivity index (χ4n) is 3.84. The number of hydrogen-bond acceptors (Lipinski definition) is 5. The van der Waals surface area contributed by atoms with E-state index in [-0.39, 0.29) is 18.2 Å². The molecule has 0 bridgehead atoms. The number of carbonyl (C=O) groups excluding carboxylic acids is 2. The van der Waals surface area contributed by atoms with Gasteiger partial charge < -0.3 is 24.7 Å². The minimum atomic E-state index is -0.597. The molecule has 2 amide bonds. The van der Waals surface area contributed by atoms with Crippen LogP contribution in [0.25, 0.3) is 0 Å². The summed E-state index contributed by atoms with van der Waals surface area (Å²) in [5.41, 5.74) is 2.21. The number of aromatic nitrogens is 2. The molecule has 2 N–H and O–H groups in total. The summed E-state index contributed by atoms with van der Waals surface area (Å²) in [6.07, 6.45) is 3.57. The molecule has 2 aromatic carbocycles. The number of fused-ring (bicyclic) bond motifs is 1. The fraction of sp³-hybridized carbons (Fsp3) is 0.261. The van der Waals surface area contributed by atoms with Gasteiger partial charge in [0.2, 0.25) is 11.8 Å². The first-order valence-electron chi connectivity index (χ1n) is 9.89. The third-order valence-corrected chi connectivity index (χ3v) is 5.43. The maximum Gasteiger partial charge on any atom is 0.229 e. The number of methoxy groups -OCH3 is 2. The van der Waals surface area contributed by atoms with Crippen LogP contribution in [0, 0.1) is 0 Å². The number of para-hydroxylation sites is 1. The molecule has 8 nitrogen and oxygen atoms in total. The molecule has 0 aliphatic carbocycles. The topological polar surface area (TPSA) is 94.5 Å². The van der Waals surface area contributed by atoms with Gasteiger partial charge in [0.05, 0.1) is 20.1 Å². The molecule has 160 valence electrons. The molecule has 0 fully saturated rings. The predicted octanol–water partition coefficient (Wildman–Crippen LogP) is 2.77. The summed E-state index contributed by atoms with van der Waals surface area (Å²) < 4.78 is 12.7. The lowest BCUT2D eigenvalue weighted by Gasteiger charge is -2.27. The zero-order valence-corrected chi connectivity index (χ0v) is 17.6. The summed E-state index contributed by atoms with van der Waals surface area (Å²) in [7, 11) is 5.01. The van der Waals surface area contributed by atoms with Crippen molar-refractivity contribution in [3.8, 4) is 11.5 Å². The lowest BCUT2D eigenvalue weighted by atomic mass is 9.89. The van der Waals surface area contributed by atoms with Gasteiger partial charge in [0, 0.05) is 37.6 Å². The second kappa shape index (κ2) is 8.51. The minimum Gasteiger partial charge on any atom is -0.497 e. The third kappa shape index (κ3) is 4.09. The average Bonchev–Trinajstić information content (AvgIpc) is 3.21. The van der Waals surface area contributed by atoms with Crippen molar-refractivity contribution in [2.24, 2.45) is 7.05 Å². The molecule has 1 aliphatic rings. The Labute approximate surface area is 180 Å². The zero-order valence-electron chi connectivity index (χ0n) is 17.6. The molecule has 3 aromatic rings. The molecule has 2 atom stereocenters. The molecule has 0 saturated heterocycles. The summed E-state index contributed by atoms with van der Waals surface area (Å²) in [4.78, 5) is 30.1. The van der Waals surface area contributed by atoms with E-state index in [4.69, 9.17) is 9.47 Å². The van der Waals surface area contributed by atoms with Crippen molar-refractivity contribution in [3.05, 3.63) is 71.8 Å². The first kappa shape index (κ1) is 20.5. The van der Waals surface area contributed by atoms with Gasteiger partial charge in [-0.25, -0.2) is 4.98 Å². The number of rotatable bonds is 6. The van der Waals surface area contributed by atoms with Gasteiger partial charge in [-0.1, -0.05) is 18.2 Å². The van der Waals surface area contributed by atoms with Crippen molar-refractivity contribution < 1.29 is 19.1 Å². The maximum absolute atomic E-state index is 13.4. The molecule has 1 aromatic heterocycles. The number of ether oxygens (including phenoxy) is 2. The first-order valence-corrected chi connectivity index (χ1v) is 9.89. The summed E-state index contributed by atoms with van der Waals surface area (Å²) in [5, 5.41) is 5.93. The SMILES string of the molecule is COc1cc(OC)cc(C(NC(=O)C2CC(=O)Nc3ccccc32)c2nccn2C)c1. The number of benzene rings is 2. The largest absolute Gasteiger partial charge is 0.497 e. The van der Waals surface area contributed by atoms with Gasteiger partial charge in [0.1, 0.15) is 23.4 Å². The molecular weight excluding hydrogens is 396 g/mol. The number of carbonyl (C=O) groups is 2. The number of nitrogens with zero attached hydrogens (tertiary/aromatic N) is 2. The van der Waals surface area contributed by atoms with Crippen LogP contribution < -0.4 is 20.1 Å². The summed E-state index contributed by atoms with van der Waals surface area (Å²) in [6.45, 7) is 0. The lowest BCUT2D eigenvalue weighted by Crippen LogP contribution is -2.38. The summed E-state index contributed by atoms with van der Waals surface area (Å²) in [6, 6.07) is 12.2. The molecule has 0 radical (unpaired) electrons. The van der Waals surface area contributed by atoms with Crippen LogP contribution in [0.4, 0.5) is 5.69 Å². The molecule has 2 unspecified atom stereocenters. The number of aryl methyl sites for hydroxylation is 1. The van der Waals surface area contributed by atoms with Crippen LogP contribution in [0.3, 0.4) is 0 Å². The minimum absolute atomic E-state index is 0.0809. The highest BCUT2D eigenvalue weighted by Gasteiger charge is 2.33. The number of nitrogens with one attached hydrogen (secondary N) is 2. The van der Waals surface area contributed by atoms with Crippen LogP contribution >= 0.6 is 0 Å². The zero-order chi connectivity index (χ0) is 22.0. The second-order valence-corrected chi connectivity index (χ2v) is 7.38. The quantitative estimate of drug-likeness (QED) is 0.640. The van der Waals surface area contributed by atoms with Gasteiger partial charge in [-0.15, -0.1) is 0 Å². The Morgan fingerprint density at radius 3 is 2.55 bits per heavy atom. The molecule has 0 saturated carbocycles. The Bertz CT molecular complexity index is 1100. The Hall–Kier alpha value is -3.81. The Balaban J connectivity index is 1.72. The van der Waals surface area contributed by atoms with Crippen molar-refractivity contribution >= 4 is 17.5 Å². The lowest BCUT2D eigenvalue weighted by molar-refractivity contribution is -0.126. The van der Waals surface area contributed by atoms with Crippen LogP contribution in [0.5, 0.6) is 11.5 Å². The molecule has 0 spiro atoms. The van der Waals surface area contributed by atoms with E-state index >= 15 is 0 Å². The van der Waals surface area contributed by atoms with E-state index in [0.29, 0.717) is 23.0 Å². The van der Waals surface area contributed by atoms with Crippen LogP contribution in [0.2, 0.25) is 0 Å². The standard InChI is InChI=1S/C23H24N4O4/c1-27-9-8-24-22(27)21(14-10-15(30-2)12-16(11-14)31-3)26-23(29)18-13-20(28)25-19-7-5-4-6-17(18)19/h4-12,18,21H,13H2,1-3H3,(H,25,28)(H,26,29). The maximum atomic E-state index is 13.4. The summed E-state index contributed by atoms with van der Waals surface area (Å²) in [5.74, 6) is 0.820. The number of imidazole rings is 1. The Morgan fingerprint density at radius 1 is 1.19 bits per heavy atom. The van der Waals surface area contributed by atoms with Gasteiger partial charge in [0.15, 0.2) is 0 Å². The molecule has 31 heavy (non-hydrogen) atoms. The van der Waals surface area contributed by atoms with Crippen molar-refractivity contribution in [3.63, 3.8) is 0 Å². The van der Waals surface area contributed by atoms with Gasteiger partial charge >= 0.3 is 0 Å². The van der Waals surface area contributed by atoms with E-state index in [0.717, 1.165) is 11.1 Å². The van der Waals surface area contributed by atoms with Gasteiger partial charge in [-0.3, -0.25) is 9.59 Å². The predicted molar refractivity (Wildman–Crippen MR) is 115 cm³/mol. The first-order chi connectivity index (χ1) is 15.0. The van der Waals surface area contributed by atoms with E-state index in [1.165, 1.54) is 0 Å². The van der Waals surface area contributed by atoms with Crippen LogP contribution in [-0.4, -0.2) is 35.6 Å². The number of hydrogen-bond donors (Lipinski definition) is 2. The monoisotopic (exact) mass is 420 g/mol. The molecule has 4 rings (SSSR count). The van der Waals surface area contributed by atoms with E-state index in [1.807, 2.05) is 48.1 Å². The van der Waals surface area contributed by atoms with Gasteiger partial charge in [-0.2, -0.15) is 0 Å². The molecular formula is C23H24N4O4. The molecule has 2 heterocycles. The van der Waals surface area contributed by atoms with Gasteiger partial charge in [0.25, 0.3) is 0 Å². The van der Waals surface area contributed by atoms with E-state index in [9.17, 15) is 9.59 Å². The highest BCUT2D eigenvalue weighted by Crippen LogP contribution is 2.34. The van der Waals surface area contributed by atoms with E-state index in [2.05, 4.69) is 15.6 Å². The third-order valence-electron chi connectivity index (χ3n) is 5.43.